The van der Waals surface area contributed by atoms with Crippen molar-refractivity contribution >= 4 is 0 Å². The lowest BCUT2D eigenvalue weighted by atomic mass is 10.1. The summed E-state index contributed by atoms with van der Waals surface area (Å²) in [6, 6.07) is 18.8. The summed E-state index contributed by atoms with van der Waals surface area (Å²) in [5.74, 6) is 2.07. The van der Waals surface area contributed by atoms with Crippen LogP contribution in [0.3, 0.4) is 0 Å². The van der Waals surface area contributed by atoms with E-state index in [4.69, 9.17) is 4.74 Å². The highest BCUT2D eigenvalue weighted by Crippen LogP contribution is 2.20. The van der Waals surface area contributed by atoms with Crippen molar-refractivity contribution in [3.05, 3.63) is 72.2 Å². The first-order valence-electron chi connectivity index (χ1n) is 8.47. The van der Waals surface area contributed by atoms with Crippen molar-refractivity contribution in [1.82, 2.24) is 9.55 Å². The number of hydrogen-bond acceptors (Lipinski definition) is 2. The second kappa shape index (κ2) is 7.82. The Hall–Kier alpha value is -2.55. The van der Waals surface area contributed by atoms with Gasteiger partial charge < -0.3 is 9.30 Å². The summed E-state index contributed by atoms with van der Waals surface area (Å²) in [4.78, 5) is 4.61. The fraction of sp³-hybridized carbons (Fsp3) is 0.286. The number of rotatable bonds is 7. The van der Waals surface area contributed by atoms with E-state index in [1.165, 1.54) is 23.2 Å². The molecule has 0 radical (unpaired) electrons. The van der Waals surface area contributed by atoms with E-state index >= 15 is 0 Å². The molecule has 2 aromatic carbocycles. The third-order valence-electron chi connectivity index (χ3n) is 4.43. The van der Waals surface area contributed by atoms with Crippen molar-refractivity contribution in [3.63, 3.8) is 0 Å². The molecule has 3 nitrogen and oxygen atoms in total. The SMILES string of the molecule is COc1ccc(CCCCc2ncc(-c3ccccc3)n2C)cc1. The van der Waals surface area contributed by atoms with E-state index < -0.39 is 0 Å². The number of ether oxygens (including phenoxy) is 1. The Morgan fingerprint density at radius 2 is 1.62 bits per heavy atom. The van der Waals surface area contributed by atoms with Gasteiger partial charge in [0.15, 0.2) is 0 Å². The van der Waals surface area contributed by atoms with Gasteiger partial charge in [-0.2, -0.15) is 0 Å². The highest BCUT2D eigenvalue weighted by molar-refractivity contribution is 5.58. The van der Waals surface area contributed by atoms with E-state index in [1.807, 2.05) is 24.4 Å². The lowest BCUT2D eigenvalue weighted by molar-refractivity contribution is 0.414. The molecule has 0 N–H and O–H groups in total. The first-order chi connectivity index (χ1) is 11.8. The van der Waals surface area contributed by atoms with E-state index in [-0.39, 0.29) is 0 Å². The monoisotopic (exact) mass is 320 g/mol. The zero-order valence-corrected chi connectivity index (χ0v) is 14.4. The van der Waals surface area contributed by atoms with Crippen LogP contribution in [-0.2, 0) is 19.9 Å². The summed E-state index contributed by atoms with van der Waals surface area (Å²) in [7, 11) is 3.81. The van der Waals surface area contributed by atoms with Crippen molar-refractivity contribution in [2.75, 3.05) is 7.11 Å². The highest BCUT2D eigenvalue weighted by Gasteiger charge is 2.07. The summed E-state index contributed by atoms with van der Waals surface area (Å²) in [6.07, 6.45) is 6.40. The topological polar surface area (TPSA) is 27.1 Å². The van der Waals surface area contributed by atoms with Gasteiger partial charge in [-0.25, -0.2) is 4.98 Å². The van der Waals surface area contributed by atoms with Crippen LogP contribution in [-0.4, -0.2) is 16.7 Å². The Balaban J connectivity index is 1.53. The summed E-state index contributed by atoms with van der Waals surface area (Å²) >= 11 is 0. The fourth-order valence-electron chi connectivity index (χ4n) is 2.96. The highest BCUT2D eigenvalue weighted by atomic mass is 16.5. The lowest BCUT2D eigenvalue weighted by Gasteiger charge is -2.07. The molecule has 0 aliphatic carbocycles. The van der Waals surface area contributed by atoms with E-state index in [0.717, 1.165) is 30.8 Å². The number of unbranched alkanes of at least 4 members (excludes halogenated alkanes) is 1. The van der Waals surface area contributed by atoms with Crippen molar-refractivity contribution in [1.29, 1.82) is 0 Å². The number of hydrogen-bond donors (Lipinski definition) is 0. The van der Waals surface area contributed by atoms with Gasteiger partial charge in [0, 0.05) is 13.5 Å². The van der Waals surface area contributed by atoms with Gasteiger partial charge in [0.25, 0.3) is 0 Å². The quantitative estimate of drug-likeness (QED) is 0.592. The molecule has 0 aliphatic rings. The molecule has 0 fully saturated rings. The van der Waals surface area contributed by atoms with E-state index in [0.29, 0.717) is 0 Å². The molecule has 3 aromatic rings. The Morgan fingerprint density at radius 1 is 0.917 bits per heavy atom. The smallest absolute Gasteiger partial charge is 0.118 e. The summed E-state index contributed by atoms with van der Waals surface area (Å²) in [6.45, 7) is 0. The van der Waals surface area contributed by atoms with Crippen LogP contribution < -0.4 is 4.74 Å². The number of imidazole rings is 1. The zero-order valence-electron chi connectivity index (χ0n) is 14.4. The van der Waals surface area contributed by atoms with Crippen LogP contribution in [0.25, 0.3) is 11.3 Å². The third-order valence-corrected chi connectivity index (χ3v) is 4.43. The van der Waals surface area contributed by atoms with Crippen LogP contribution in [0.2, 0.25) is 0 Å². The average molecular weight is 320 g/mol. The van der Waals surface area contributed by atoms with Gasteiger partial charge in [-0.3, -0.25) is 0 Å². The molecule has 0 spiro atoms. The minimum Gasteiger partial charge on any atom is -0.497 e. The minimum absolute atomic E-state index is 0.917. The van der Waals surface area contributed by atoms with Crippen LogP contribution in [0.4, 0.5) is 0 Å². The number of aryl methyl sites for hydroxylation is 2. The van der Waals surface area contributed by atoms with Crippen LogP contribution >= 0.6 is 0 Å². The molecule has 1 aromatic heterocycles. The van der Waals surface area contributed by atoms with E-state index in [9.17, 15) is 0 Å². The molecule has 0 saturated carbocycles. The van der Waals surface area contributed by atoms with Crippen molar-refractivity contribution < 1.29 is 4.74 Å². The van der Waals surface area contributed by atoms with Crippen LogP contribution in [0, 0.1) is 0 Å². The summed E-state index contributed by atoms with van der Waals surface area (Å²) < 4.78 is 7.40. The van der Waals surface area contributed by atoms with Gasteiger partial charge >= 0.3 is 0 Å². The van der Waals surface area contributed by atoms with E-state index in [1.54, 1.807) is 7.11 Å². The molecule has 0 saturated heterocycles. The van der Waals surface area contributed by atoms with Crippen LogP contribution in [0.5, 0.6) is 5.75 Å². The summed E-state index contributed by atoms with van der Waals surface area (Å²) in [5, 5.41) is 0. The van der Waals surface area contributed by atoms with Crippen molar-refractivity contribution in [3.8, 4) is 17.0 Å². The molecule has 24 heavy (non-hydrogen) atoms. The van der Waals surface area contributed by atoms with Crippen molar-refractivity contribution in [2.45, 2.75) is 25.7 Å². The molecular weight excluding hydrogens is 296 g/mol. The molecule has 0 bridgehead atoms. The molecular formula is C21H24N2O. The Labute approximate surface area is 143 Å². The molecule has 1 heterocycles. The molecule has 3 heteroatoms. The van der Waals surface area contributed by atoms with Gasteiger partial charge in [0.05, 0.1) is 19.0 Å². The standard InChI is InChI=1S/C21H24N2O/c1-23-20(18-9-4-3-5-10-18)16-22-21(23)11-7-6-8-17-12-14-19(24-2)15-13-17/h3-5,9-10,12-16H,6-8,11H2,1-2H3. The zero-order chi connectivity index (χ0) is 16.8. The van der Waals surface area contributed by atoms with E-state index in [2.05, 4.69) is 53.0 Å². The third kappa shape index (κ3) is 3.85. The van der Waals surface area contributed by atoms with Gasteiger partial charge in [0.1, 0.15) is 11.6 Å². The van der Waals surface area contributed by atoms with Crippen LogP contribution in [0.1, 0.15) is 24.2 Å². The Kier molecular flexibility index (Phi) is 5.32. The lowest BCUT2D eigenvalue weighted by Crippen LogP contribution is -2.00. The number of benzene rings is 2. The van der Waals surface area contributed by atoms with Crippen molar-refractivity contribution in [2.24, 2.45) is 7.05 Å². The maximum Gasteiger partial charge on any atom is 0.118 e. The number of nitrogens with zero attached hydrogens (tertiary/aromatic N) is 2. The minimum atomic E-state index is 0.917. The number of aromatic nitrogens is 2. The molecule has 0 atom stereocenters. The summed E-state index contributed by atoms with van der Waals surface area (Å²) in [5.41, 5.74) is 3.76. The molecule has 124 valence electrons. The molecule has 0 aliphatic heterocycles. The fourth-order valence-corrected chi connectivity index (χ4v) is 2.96. The second-order valence-corrected chi connectivity index (χ2v) is 6.04. The average Bonchev–Trinajstić information content (AvgIpc) is 3.00. The first-order valence-corrected chi connectivity index (χ1v) is 8.47. The van der Waals surface area contributed by atoms with Gasteiger partial charge in [0.2, 0.25) is 0 Å². The first kappa shape index (κ1) is 16.3. The normalized spacial score (nSPS) is 10.8. The van der Waals surface area contributed by atoms with Gasteiger partial charge in [-0.05, 0) is 42.5 Å². The maximum absolute atomic E-state index is 5.19. The largest absolute Gasteiger partial charge is 0.497 e. The Morgan fingerprint density at radius 3 is 2.33 bits per heavy atom. The van der Waals surface area contributed by atoms with Gasteiger partial charge in [-0.1, -0.05) is 42.5 Å². The Bertz CT molecular complexity index is 760. The second-order valence-electron chi connectivity index (χ2n) is 6.04. The maximum atomic E-state index is 5.19. The van der Waals surface area contributed by atoms with Gasteiger partial charge in [-0.15, -0.1) is 0 Å². The molecule has 0 amide bonds. The molecule has 3 rings (SSSR count). The predicted octanol–water partition coefficient (Wildman–Crippen LogP) is 4.66. The molecule has 0 unspecified atom stereocenters. The number of methoxy groups -OCH3 is 1. The van der Waals surface area contributed by atoms with Crippen LogP contribution in [0.15, 0.2) is 60.8 Å². The predicted molar refractivity (Wildman–Crippen MR) is 98.3 cm³/mol.